The van der Waals surface area contributed by atoms with E-state index >= 15 is 0 Å². The van der Waals surface area contributed by atoms with Crippen molar-refractivity contribution in [1.29, 1.82) is 0 Å². The Kier molecular flexibility index (Phi) is 3.55. The minimum Gasteiger partial charge on any atom is -0.374 e. The number of ether oxygens (including phenoxy) is 1. The lowest BCUT2D eigenvalue weighted by Crippen LogP contribution is -2.54. The molecule has 7 heteroatoms. The molecule has 2 saturated carbocycles. The predicted molar refractivity (Wildman–Crippen MR) is 80.5 cm³/mol. The topological polar surface area (TPSA) is 79.0 Å². The number of nitrogens with one attached hydrogen (secondary N) is 1. The number of rotatable bonds is 2. The molecule has 2 aliphatic carbocycles. The van der Waals surface area contributed by atoms with Gasteiger partial charge in [0.25, 0.3) is 5.91 Å². The van der Waals surface area contributed by atoms with Gasteiger partial charge in [0, 0.05) is 6.54 Å². The van der Waals surface area contributed by atoms with Crippen LogP contribution in [0.15, 0.2) is 0 Å². The number of carbonyl (C=O) groups excluding carboxylic acids is 3. The van der Waals surface area contributed by atoms with Crippen molar-refractivity contribution in [3.63, 3.8) is 0 Å². The van der Waals surface area contributed by atoms with Gasteiger partial charge in [-0.3, -0.25) is 14.5 Å². The van der Waals surface area contributed by atoms with Gasteiger partial charge in [-0.05, 0) is 32.1 Å². The summed E-state index contributed by atoms with van der Waals surface area (Å²) in [5.41, 5.74) is -0.738. The molecule has 2 heterocycles. The molecule has 0 aromatic rings. The van der Waals surface area contributed by atoms with Gasteiger partial charge in [0.15, 0.2) is 0 Å². The maximum absolute atomic E-state index is 12.7. The monoisotopic (exact) mass is 321 g/mol. The van der Waals surface area contributed by atoms with E-state index in [2.05, 4.69) is 5.32 Å². The van der Waals surface area contributed by atoms with E-state index < -0.39 is 11.6 Å². The molecule has 2 aliphatic heterocycles. The van der Waals surface area contributed by atoms with Gasteiger partial charge in [0.1, 0.15) is 12.1 Å². The van der Waals surface area contributed by atoms with Crippen molar-refractivity contribution < 1.29 is 19.1 Å². The zero-order valence-electron chi connectivity index (χ0n) is 13.3. The van der Waals surface area contributed by atoms with Crippen molar-refractivity contribution in [3.05, 3.63) is 0 Å². The fraction of sp³-hybridized carbons (Fsp3) is 0.812. The third-order valence-corrected chi connectivity index (χ3v) is 5.80. The van der Waals surface area contributed by atoms with E-state index in [0.29, 0.717) is 26.0 Å². The smallest absolute Gasteiger partial charge is 0.325 e. The zero-order valence-corrected chi connectivity index (χ0v) is 13.3. The van der Waals surface area contributed by atoms with E-state index in [9.17, 15) is 14.4 Å². The average molecular weight is 321 g/mol. The molecule has 2 unspecified atom stereocenters. The van der Waals surface area contributed by atoms with Crippen molar-refractivity contribution in [2.45, 2.75) is 62.6 Å². The van der Waals surface area contributed by atoms with Crippen LogP contribution in [-0.2, 0) is 14.3 Å². The Morgan fingerprint density at radius 2 is 2.00 bits per heavy atom. The number of urea groups is 1. The Bertz CT molecular complexity index is 543. The van der Waals surface area contributed by atoms with Crippen molar-refractivity contribution in [2.75, 3.05) is 19.7 Å². The van der Waals surface area contributed by atoms with Crippen LogP contribution < -0.4 is 5.32 Å². The Labute approximate surface area is 135 Å². The van der Waals surface area contributed by atoms with E-state index in [1.54, 1.807) is 0 Å². The van der Waals surface area contributed by atoms with Crippen LogP contribution in [0.5, 0.6) is 0 Å². The molecule has 0 aromatic carbocycles. The fourth-order valence-corrected chi connectivity index (χ4v) is 4.60. The van der Waals surface area contributed by atoms with E-state index in [1.807, 2.05) is 4.90 Å². The van der Waals surface area contributed by atoms with Crippen molar-refractivity contribution in [1.82, 2.24) is 15.1 Å². The number of hydrogen-bond acceptors (Lipinski definition) is 4. The van der Waals surface area contributed by atoms with E-state index in [-0.39, 0.29) is 30.5 Å². The molecule has 1 N–H and O–H groups in total. The molecule has 0 aromatic heterocycles. The third-order valence-electron chi connectivity index (χ3n) is 5.80. The van der Waals surface area contributed by atoms with Crippen LogP contribution in [0.3, 0.4) is 0 Å². The summed E-state index contributed by atoms with van der Waals surface area (Å²) in [5.74, 6) is -0.353. The van der Waals surface area contributed by atoms with Crippen LogP contribution in [0.2, 0.25) is 0 Å². The van der Waals surface area contributed by atoms with Crippen molar-refractivity contribution in [2.24, 2.45) is 0 Å². The summed E-state index contributed by atoms with van der Waals surface area (Å²) in [6, 6.07) is -0.307. The molecule has 4 rings (SSSR count). The highest BCUT2D eigenvalue weighted by atomic mass is 16.5. The van der Waals surface area contributed by atoms with E-state index in [4.69, 9.17) is 4.74 Å². The number of imide groups is 1. The van der Waals surface area contributed by atoms with Gasteiger partial charge in [0.05, 0.1) is 18.8 Å². The standard InChI is InChI=1S/C16H23N3O4/c20-13(18-8-9-23-12-5-3-4-11(12)18)10-19-14(21)16(17-15(19)22)6-1-2-7-16/h11-12H,1-10H2,(H,17,22). The second-order valence-electron chi connectivity index (χ2n) is 7.11. The Morgan fingerprint density at radius 1 is 1.22 bits per heavy atom. The van der Waals surface area contributed by atoms with Crippen molar-refractivity contribution >= 4 is 17.8 Å². The molecule has 0 bridgehead atoms. The Balaban J connectivity index is 1.46. The molecule has 0 radical (unpaired) electrons. The first-order chi connectivity index (χ1) is 11.1. The summed E-state index contributed by atoms with van der Waals surface area (Å²) in [6.07, 6.45) is 6.38. The Morgan fingerprint density at radius 3 is 2.78 bits per heavy atom. The number of carbonyl (C=O) groups is 3. The fourth-order valence-electron chi connectivity index (χ4n) is 4.60. The lowest BCUT2D eigenvalue weighted by molar-refractivity contribution is -0.147. The molecule has 4 aliphatic rings. The van der Waals surface area contributed by atoms with Crippen LogP contribution >= 0.6 is 0 Å². The van der Waals surface area contributed by atoms with Crippen LogP contribution in [0.1, 0.15) is 44.9 Å². The highest BCUT2D eigenvalue weighted by Crippen LogP contribution is 2.35. The number of morpholine rings is 1. The minimum atomic E-state index is -0.738. The molecule has 4 fully saturated rings. The van der Waals surface area contributed by atoms with Crippen LogP contribution in [0.4, 0.5) is 4.79 Å². The highest BCUT2D eigenvalue weighted by Gasteiger charge is 2.53. The summed E-state index contributed by atoms with van der Waals surface area (Å²) in [6.45, 7) is 0.946. The summed E-state index contributed by atoms with van der Waals surface area (Å²) in [4.78, 5) is 40.5. The van der Waals surface area contributed by atoms with Crippen LogP contribution in [-0.4, -0.2) is 65.0 Å². The molecule has 2 atom stereocenters. The average Bonchev–Trinajstić information content (AvgIpc) is 3.24. The zero-order chi connectivity index (χ0) is 16.0. The Hall–Kier alpha value is -1.63. The molecular weight excluding hydrogens is 298 g/mol. The summed E-state index contributed by atoms with van der Waals surface area (Å²) in [7, 11) is 0. The molecule has 4 amide bonds. The molecule has 126 valence electrons. The first kappa shape index (κ1) is 14.9. The second-order valence-corrected chi connectivity index (χ2v) is 7.11. The molecule has 1 spiro atoms. The number of fused-ring (bicyclic) bond motifs is 1. The summed E-state index contributed by atoms with van der Waals surface area (Å²) in [5, 5.41) is 2.83. The lowest BCUT2D eigenvalue weighted by atomic mass is 9.98. The minimum absolute atomic E-state index is 0.109. The normalized spacial score (nSPS) is 32.5. The lowest BCUT2D eigenvalue weighted by Gasteiger charge is -2.38. The van der Waals surface area contributed by atoms with Gasteiger partial charge in [-0.2, -0.15) is 0 Å². The first-order valence-electron chi connectivity index (χ1n) is 8.66. The maximum Gasteiger partial charge on any atom is 0.325 e. The molecule has 2 saturated heterocycles. The van der Waals surface area contributed by atoms with E-state index in [1.165, 1.54) is 0 Å². The van der Waals surface area contributed by atoms with Gasteiger partial charge < -0.3 is 15.0 Å². The van der Waals surface area contributed by atoms with Gasteiger partial charge in [-0.25, -0.2) is 4.79 Å². The maximum atomic E-state index is 12.7. The van der Waals surface area contributed by atoms with Gasteiger partial charge >= 0.3 is 6.03 Å². The SMILES string of the molecule is O=C1NC2(CCCC2)C(=O)N1CC(=O)N1CCOC2CCCC21. The van der Waals surface area contributed by atoms with Gasteiger partial charge in [-0.15, -0.1) is 0 Å². The van der Waals surface area contributed by atoms with Crippen LogP contribution in [0.25, 0.3) is 0 Å². The van der Waals surface area contributed by atoms with Crippen LogP contribution in [0, 0.1) is 0 Å². The van der Waals surface area contributed by atoms with Gasteiger partial charge in [-0.1, -0.05) is 12.8 Å². The van der Waals surface area contributed by atoms with Crippen molar-refractivity contribution in [3.8, 4) is 0 Å². The number of hydrogen-bond donors (Lipinski definition) is 1. The third kappa shape index (κ3) is 2.33. The summed E-state index contributed by atoms with van der Waals surface area (Å²) < 4.78 is 5.72. The first-order valence-corrected chi connectivity index (χ1v) is 8.66. The largest absolute Gasteiger partial charge is 0.374 e. The van der Waals surface area contributed by atoms with Gasteiger partial charge in [0.2, 0.25) is 5.91 Å². The van der Waals surface area contributed by atoms with E-state index in [0.717, 1.165) is 37.0 Å². The number of amides is 4. The number of nitrogens with zero attached hydrogens (tertiary/aromatic N) is 2. The highest BCUT2D eigenvalue weighted by molar-refractivity contribution is 6.09. The molecular formula is C16H23N3O4. The quantitative estimate of drug-likeness (QED) is 0.757. The summed E-state index contributed by atoms with van der Waals surface area (Å²) >= 11 is 0. The molecule has 23 heavy (non-hydrogen) atoms. The predicted octanol–water partition coefficient (Wildman–Crippen LogP) is 0.631. The molecule has 7 nitrogen and oxygen atoms in total. The second kappa shape index (κ2) is 5.47.